The second-order valence-electron chi connectivity index (χ2n) is 5.54. The van der Waals surface area contributed by atoms with Gasteiger partial charge in [-0.2, -0.15) is 0 Å². The maximum Gasteiger partial charge on any atom is 0.306 e. The SMILES string of the molecule is CC(C)(C)OC(=O)CCC(=O)Cc1cc(F)ccc1F. The molecule has 3 nitrogen and oxygen atoms in total. The fraction of sp³-hybridized carbons (Fsp3) is 0.467. The van der Waals surface area contributed by atoms with E-state index in [4.69, 9.17) is 4.74 Å². The number of benzene rings is 1. The van der Waals surface area contributed by atoms with Crippen molar-refractivity contribution in [2.45, 2.75) is 45.6 Å². The molecule has 0 N–H and O–H groups in total. The molecule has 0 aromatic heterocycles. The number of hydrogen-bond acceptors (Lipinski definition) is 3. The van der Waals surface area contributed by atoms with Gasteiger partial charge < -0.3 is 4.74 Å². The van der Waals surface area contributed by atoms with Crippen molar-refractivity contribution < 1.29 is 23.1 Å². The third kappa shape index (κ3) is 5.91. The molecule has 0 radical (unpaired) electrons. The van der Waals surface area contributed by atoms with Gasteiger partial charge in [0.1, 0.15) is 23.0 Å². The van der Waals surface area contributed by atoms with Crippen LogP contribution in [0.25, 0.3) is 0 Å². The fourth-order valence-corrected chi connectivity index (χ4v) is 1.61. The molecule has 110 valence electrons. The molecular weight excluding hydrogens is 266 g/mol. The summed E-state index contributed by atoms with van der Waals surface area (Å²) < 4.78 is 31.3. The molecule has 0 aliphatic rings. The molecule has 0 unspecified atom stereocenters. The van der Waals surface area contributed by atoms with Gasteiger partial charge in [-0.05, 0) is 44.5 Å². The zero-order valence-corrected chi connectivity index (χ0v) is 11.8. The van der Waals surface area contributed by atoms with Crippen LogP contribution in [0.5, 0.6) is 0 Å². The first-order chi connectivity index (χ1) is 9.17. The third-order valence-corrected chi connectivity index (χ3v) is 2.42. The van der Waals surface area contributed by atoms with Crippen LogP contribution >= 0.6 is 0 Å². The largest absolute Gasteiger partial charge is 0.460 e. The van der Waals surface area contributed by atoms with Gasteiger partial charge in [0.05, 0.1) is 6.42 Å². The van der Waals surface area contributed by atoms with E-state index in [0.717, 1.165) is 18.2 Å². The van der Waals surface area contributed by atoms with Crippen LogP contribution in [-0.2, 0) is 20.7 Å². The lowest BCUT2D eigenvalue weighted by molar-refractivity contribution is -0.155. The normalized spacial score (nSPS) is 11.2. The van der Waals surface area contributed by atoms with Gasteiger partial charge in [-0.3, -0.25) is 9.59 Å². The molecule has 0 heterocycles. The first-order valence-corrected chi connectivity index (χ1v) is 6.35. The van der Waals surface area contributed by atoms with Crippen LogP contribution in [0, 0.1) is 11.6 Å². The van der Waals surface area contributed by atoms with Gasteiger partial charge in [-0.1, -0.05) is 0 Å². The number of ether oxygens (including phenoxy) is 1. The number of carbonyl (C=O) groups excluding carboxylic acids is 2. The second kappa shape index (κ2) is 6.59. The molecule has 0 bridgehead atoms. The van der Waals surface area contributed by atoms with E-state index in [1.807, 2.05) is 0 Å². The Morgan fingerprint density at radius 3 is 2.40 bits per heavy atom. The Bertz CT molecular complexity index is 504. The van der Waals surface area contributed by atoms with Gasteiger partial charge in [0.25, 0.3) is 0 Å². The number of rotatable bonds is 5. The average molecular weight is 284 g/mol. The summed E-state index contributed by atoms with van der Waals surface area (Å²) in [7, 11) is 0. The minimum absolute atomic E-state index is 0.000751. The van der Waals surface area contributed by atoms with Crippen LogP contribution in [0.1, 0.15) is 39.2 Å². The molecule has 20 heavy (non-hydrogen) atoms. The highest BCUT2D eigenvalue weighted by Crippen LogP contribution is 2.13. The Morgan fingerprint density at radius 1 is 1.15 bits per heavy atom. The standard InChI is InChI=1S/C15H18F2O3/c1-15(2,3)20-14(19)7-5-12(18)9-10-8-11(16)4-6-13(10)17/h4,6,8H,5,7,9H2,1-3H3. The number of ketones is 1. The summed E-state index contributed by atoms with van der Waals surface area (Å²) in [6, 6.07) is 2.95. The van der Waals surface area contributed by atoms with Gasteiger partial charge in [0.2, 0.25) is 0 Å². The molecule has 0 aliphatic heterocycles. The summed E-state index contributed by atoms with van der Waals surface area (Å²) in [5.41, 5.74) is -0.603. The van der Waals surface area contributed by atoms with Gasteiger partial charge in [0, 0.05) is 12.8 Å². The predicted octanol–water partition coefficient (Wildman–Crippen LogP) is 3.20. The van der Waals surface area contributed by atoms with Crippen LogP contribution in [-0.4, -0.2) is 17.4 Å². The summed E-state index contributed by atoms with van der Waals surface area (Å²) in [5.74, 6) is -2.04. The van der Waals surface area contributed by atoms with E-state index in [-0.39, 0.29) is 30.6 Å². The van der Waals surface area contributed by atoms with Gasteiger partial charge in [0.15, 0.2) is 0 Å². The zero-order valence-electron chi connectivity index (χ0n) is 11.8. The third-order valence-electron chi connectivity index (χ3n) is 2.42. The minimum Gasteiger partial charge on any atom is -0.460 e. The van der Waals surface area contributed by atoms with E-state index < -0.39 is 23.2 Å². The van der Waals surface area contributed by atoms with Crippen LogP contribution < -0.4 is 0 Å². The molecule has 0 aliphatic carbocycles. The Hall–Kier alpha value is -1.78. The fourth-order valence-electron chi connectivity index (χ4n) is 1.61. The summed E-state index contributed by atoms with van der Waals surface area (Å²) in [5, 5.41) is 0. The van der Waals surface area contributed by atoms with Crippen molar-refractivity contribution >= 4 is 11.8 Å². The summed E-state index contributed by atoms with van der Waals surface area (Å²) in [4.78, 5) is 23.1. The van der Waals surface area contributed by atoms with Gasteiger partial charge >= 0.3 is 5.97 Å². The van der Waals surface area contributed by atoms with Crippen molar-refractivity contribution in [3.8, 4) is 0 Å². The van der Waals surface area contributed by atoms with Gasteiger partial charge in [-0.15, -0.1) is 0 Å². The topological polar surface area (TPSA) is 43.4 Å². The molecular formula is C15H18F2O3. The van der Waals surface area contributed by atoms with Crippen molar-refractivity contribution in [2.24, 2.45) is 0 Å². The monoisotopic (exact) mass is 284 g/mol. The molecule has 0 spiro atoms. The Kier molecular flexibility index (Phi) is 5.36. The molecule has 1 aromatic rings. The summed E-state index contributed by atoms with van der Waals surface area (Å²) >= 11 is 0. The maximum atomic E-state index is 13.3. The number of halogens is 2. The van der Waals surface area contributed by atoms with E-state index in [1.54, 1.807) is 20.8 Å². The number of esters is 1. The van der Waals surface area contributed by atoms with Crippen LogP contribution in [0.2, 0.25) is 0 Å². The second-order valence-corrected chi connectivity index (χ2v) is 5.54. The van der Waals surface area contributed by atoms with Crippen molar-refractivity contribution in [2.75, 3.05) is 0 Å². The van der Waals surface area contributed by atoms with E-state index >= 15 is 0 Å². The van der Waals surface area contributed by atoms with E-state index in [0.29, 0.717) is 0 Å². The van der Waals surface area contributed by atoms with Crippen LogP contribution in [0.15, 0.2) is 18.2 Å². The molecule has 1 aromatic carbocycles. The maximum absolute atomic E-state index is 13.3. The quantitative estimate of drug-likeness (QED) is 0.780. The van der Waals surface area contributed by atoms with Crippen LogP contribution in [0.4, 0.5) is 8.78 Å². The molecule has 5 heteroatoms. The highest BCUT2D eigenvalue weighted by Gasteiger charge is 2.17. The molecule has 0 amide bonds. The number of Topliss-reactive ketones (excluding diaryl/α,β-unsaturated/α-hetero) is 1. The van der Waals surface area contributed by atoms with Crippen molar-refractivity contribution in [3.05, 3.63) is 35.4 Å². The molecule has 0 fully saturated rings. The molecule has 0 saturated heterocycles. The zero-order chi connectivity index (χ0) is 15.3. The van der Waals surface area contributed by atoms with Crippen molar-refractivity contribution in [1.82, 2.24) is 0 Å². The first kappa shape index (κ1) is 16.3. The lowest BCUT2D eigenvalue weighted by Gasteiger charge is -2.19. The first-order valence-electron chi connectivity index (χ1n) is 6.35. The predicted molar refractivity (Wildman–Crippen MR) is 70.1 cm³/mol. The Balaban J connectivity index is 2.48. The van der Waals surface area contributed by atoms with Crippen LogP contribution in [0.3, 0.4) is 0 Å². The van der Waals surface area contributed by atoms with Gasteiger partial charge in [-0.25, -0.2) is 8.78 Å². The van der Waals surface area contributed by atoms with E-state index in [2.05, 4.69) is 0 Å². The lowest BCUT2D eigenvalue weighted by atomic mass is 10.0. The Morgan fingerprint density at radius 2 is 1.80 bits per heavy atom. The smallest absolute Gasteiger partial charge is 0.306 e. The molecule has 0 atom stereocenters. The molecule has 1 rings (SSSR count). The Labute approximate surface area is 116 Å². The minimum atomic E-state index is -0.628. The van der Waals surface area contributed by atoms with E-state index in [9.17, 15) is 18.4 Å². The summed E-state index contributed by atoms with van der Waals surface area (Å²) in [6.07, 6.45) is -0.343. The van der Waals surface area contributed by atoms with Crippen molar-refractivity contribution in [3.63, 3.8) is 0 Å². The number of carbonyl (C=O) groups is 2. The molecule has 0 saturated carbocycles. The summed E-state index contributed by atoms with van der Waals surface area (Å²) in [6.45, 7) is 5.19. The average Bonchev–Trinajstić information content (AvgIpc) is 2.29. The number of hydrogen-bond donors (Lipinski definition) is 0. The van der Waals surface area contributed by atoms with Crippen molar-refractivity contribution in [1.29, 1.82) is 0 Å². The van der Waals surface area contributed by atoms with E-state index in [1.165, 1.54) is 0 Å². The lowest BCUT2D eigenvalue weighted by Crippen LogP contribution is -2.24. The highest BCUT2D eigenvalue weighted by molar-refractivity contribution is 5.84. The highest BCUT2D eigenvalue weighted by atomic mass is 19.1.